The Labute approximate surface area is 172 Å². The third kappa shape index (κ3) is 4.43. The van der Waals surface area contributed by atoms with E-state index in [-0.39, 0.29) is 18.2 Å². The number of anilines is 2. The highest BCUT2D eigenvalue weighted by atomic mass is 32.1. The SMILES string of the molecule is CC(=O)N(c1nc(COc2ccc([N+](=O)[O-])c(C)c2)cs1)c1cccc(C)c1C. The lowest BCUT2D eigenvalue weighted by Gasteiger charge is -2.21. The van der Waals surface area contributed by atoms with Crippen molar-refractivity contribution < 1.29 is 14.5 Å². The first-order valence-corrected chi connectivity index (χ1v) is 9.85. The maximum Gasteiger partial charge on any atom is 0.272 e. The first kappa shape index (κ1) is 20.5. The van der Waals surface area contributed by atoms with E-state index in [1.54, 1.807) is 24.0 Å². The van der Waals surface area contributed by atoms with Crippen molar-refractivity contribution in [3.05, 3.63) is 74.3 Å². The highest BCUT2D eigenvalue weighted by Gasteiger charge is 2.20. The molecule has 1 aromatic heterocycles. The fourth-order valence-corrected chi connectivity index (χ4v) is 3.79. The lowest BCUT2D eigenvalue weighted by molar-refractivity contribution is -0.385. The molecule has 0 fully saturated rings. The van der Waals surface area contributed by atoms with E-state index < -0.39 is 4.92 Å². The fraction of sp³-hybridized carbons (Fsp3) is 0.238. The molecule has 150 valence electrons. The van der Waals surface area contributed by atoms with Gasteiger partial charge in [-0.1, -0.05) is 12.1 Å². The van der Waals surface area contributed by atoms with Crippen LogP contribution in [0.3, 0.4) is 0 Å². The summed E-state index contributed by atoms with van der Waals surface area (Å²) in [5.74, 6) is 0.409. The van der Waals surface area contributed by atoms with Gasteiger partial charge in [0.25, 0.3) is 5.69 Å². The summed E-state index contributed by atoms with van der Waals surface area (Å²) in [4.78, 5) is 29.0. The minimum atomic E-state index is -0.421. The van der Waals surface area contributed by atoms with E-state index in [9.17, 15) is 14.9 Å². The molecule has 8 heteroatoms. The molecule has 3 aromatic rings. The molecular formula is C21H21N3O4S. The van der Waals surface area contributed by atoms with Crippen LogP contribution in [0.1, 0.15) is 29.3 Å². The van der Waals surface area contributed by atoms with Gasteiger partial charge in [-0.2, -0.15) is 0 Å². The van der Waals surface area contributed by atoms with E-state index in [4.69, 9.17) is 4.74 Å². The molecule has 0 spiro atoms. The number of aryl methyl sites for hydroxylation is 2. The normalized spacial score (nSPS) is 10.6. The quantitative estimate of drug-likeness (QED) is 0.409. The average Bonchev–Trinajstić information content (AvgIpc) is 3.11. The second kappa shape index (κ2) is 8.40. The number of ether oxygens (including phenoxy) is 1. The van der Waals surface area contributed by atoms with Crippen molar-refractivity contribution in [3.63, 3.8) is 0 Å². The van der Waals surface area contributed by atoms with Crippen LogP contribution in [0.5, 0.6) is 5.75 Å². The van der Waals surface area contributed by atoms with Crippen molar-refractivity contribution in [2.45, 2.75) is 34.3 Å². The summed E-state index contributed by atoms with van der Waals surface area (Å²) in [5.41, 5.74) is 4.20. The van der Waals surface area contributed by atoms with Gasteiger partial charge in [0.05, 0.1) is 16.3 Å². The predicted molar refractivity (Wildman–Crippen MR) is 113 cm³/mol. The minimum absolute atomic E-state index is 0.0546. The highest BCUT2D eigenvalue weighted by Crippen LogP contribution is 2.32. The van der Waals surface area contributed by atoms with Gasteiger partial charge in [-0.3, -0.25) is 19.8 Å². The monoisotopic (exact) mass is 411 g/mol. The van der Waals surface area contributed by atoms with Crippen LogP contribution in [0, 0.1) is 30.9 Å². The Morgan fingerprint density at radius 2 is 1.97 bits per heavy atom. The molecule has 0 saturated carbocycles. The molecule has 0 unspecified atom stereocenters. The zero-order chi connectivity index (χ0) is 21.1. The van der Waals surface area contributed by atoms with Crippen LogP contribution in [0.4, 0.5) is 16.5 Å². The van der Waals surface area contributed by atoms with Gasteiger partial charge in [-0.25, -0.2) is 4.98 Å². The van der Waals surface area contributed by atoms with Gasteiger partial charge in [0.1, 0.15) is 12.4 Å². The van der Waals surface area contributed by atoms with Gasteiger partial charge in [0.15, 0.2) is 5.13 Å². The summed E-state index contributed by atoms with van der Waals surface area (Å²) in [5, 5.41) is 13.3. The second-order valence-corrected chi connectivity index (χ2v) is 7.53. The van der Waals surface area contributed by atoms with E-state index in [0.717, 1.165) is 16.8 Å². The number of rotatable bonds is 6. The molecule has 2 aromatic carbocycles. The number of amides is 1. The van der Waals surface area contributed by atoms with Gasteiger partial charge in [-0.05, 0) is 50.1 Å². The molecule has 3 rings (SSSR count). The molecule has 1 amide bonds. The minimum Gasteiger partial charge on any atom is -0.487 e. The lowest BCUT2D eigenvalue weighted by Crippen LogP contribution is -2.23. The molecule has 0 atom stereocenters. The van der Waals surface area contributed by atoms with Crippen LogP contribution in [0.25, 0.3) is 0 Å². The maximum absolute atomic E-state index is 12.3. The summed E-state index contributed by atoms with van der Waals surface area (Å²) in [6.07, 6.45) is 0. The number of nitrogens with zero attached hydrogens (tertiary/aromatic N) is 3. The van der Waals surface area contributed by atoms with E-state index in [0.29, 0.717) is 22.1 Å². The summed E-state index contributed by atoms with van der Waals surface area (Å²) in [7, 11) is 0. The molecule has 0 aliphatic carbocycles. The number of aromatic nitrogens is 1. The number of benzene rings is 2. The standard InChI is InChI=1S/C21H21N3O4S/c1-13-6-5-7-20(15(13)3)23(16(4)25)21-22-17(12-29-21)11-28-18-8-9-19(24(26)27)14(2)10-18/h5-10,12H,11H2,1-4H3. The lowest BCUT2D eigenvalue weighted by atomic mass is 10.1. The van der Waals surface area contributed by atoms with Crippen LogP contribution >= 0.6 is 11.3 Å². The Balaban J connectivity index is 1.79. The van der Waals surface area contributed by atoms with Crippen molar-refractivity contribution >= 4 is 33.8 Å². The first-order chi connectivity index (χ1) is 13.8. The van der Waals surface area contributed by atoms with E-state index >= 15 is 0 Å². The Morgan fingerprint density at radius 3 is 2.62 bits per heavy atom. The van der Waals surface area contributed by atoms with Gasteiger partial charge >= 0.3 is 0 Å². The third-order valence-corrected chi connectivity index (χ3v) is 5.49. The topological polar surface area (TPSA) is 85.6 Å². The number of nitro groups is 1. The van der Waals surface area contributed by atoms with Crippen molar-refractivity contribution in [1.82, 2.24) is 4.98 Å². The second-order valence-electron chi connectivity index (χ2n) is 6.69. The Kier molecular flexibility index (Phi) is 5.93. The highest BCUT2D eigenvalue weighted by molar-refractivity contribution is 7.14. The largest absolute Gasteiger partial charge is 0.487 e. The van der Waals surface area contributed by atoms with Gasteiger partial charge in [-0.15, -0.1) is 11.3 Å². The molecule has 1 heterocycles. The number of carbonyl (C=O) groups is 1. The predicted octanol–water partition coefficient (Wildman–Crippen LogP) is 5.24. The van der Waals surface area contributed by atoms with Crippen molar-refractivity contribution in [2.75, 3.05) is 4.90 Å². The average molecular weight is 411 g/mol. The van der Waals surface area contributed by atoms with E-state index in [2.05, 4.69) is 4.98 Å². The van der Waals surface area contributed by atoms with Crippen LogP contribution < -0.4 is 9.64 Å². The first-order valence-electron chi connectivity index (χ1n) is 8.97. The smallest absolute Gasteiger partial charge is 0.272 e. The molecule has 0 radical (unpaired) electrons. The Hall–Kier alpha value is -3.26. The number of carbonyl (C=O) groups excluding carboxylic acids is 1. The molecular weight excluding hydrogens is 390 g/mol. The Bertz CT molecular complexity index is 1080. The van der Waals surface area contributed by atoms with Gasteiger partial charge in [0, 0.05) is 23.9 Å². The third-order valence-electron chi connectivity index (χ3n) is 4.61. The zero-order valence-corrected chi connectivity index (χ0v) is 17.4. The molecule has 0 bridgehead atoms. The van der Waals surface area contributed by atoms with Crippen molar-refractivity contribution in [3.8, 4) is 5.75 Å². The molecule has 0 saturated heterocycles. The summed E-state index contributed by atoms with van der Waals surface area (Å²) < 4.78 is 5.73. The summed E-state index contributed by atoms with van der Waals surface area (Å²) in [6, 6.07) is 10.4. The van der Waals surface area contributed by atoms with Gasteiger partial charge in [0.2, 0.25) is 5.91 Å². The molecule has 0 N–H and O–H groups in total. The zero-order valence-electron chi connectivity index (χ0n) is 16.6. The van der Waals surface area contributed by atoms with E-state index in [1.807, 2.05) is 37.4 Å². The Morgan fingerprint density at radius 1 is 1.21 bits per heavy atom. The maximum atomic E-state index is 12.3. The molecule has 7 nitrogen and oxygen atoms in total. The molecule has 0 aliphatic rings. The summed E-state index contributed by atoms with van der Waals surface area (Å²) >= 11 is 1.36. The fourth-order valence-electron chi connectivity index (χ4n) is 2.93. The summed E-state index contributed by atoms with van der Waals surface area (Å²) in [6.45, 7) is 7.37. The number of hydrogen-bond donors (Lipinski definition) is 0. The van der Waals surface area contributed by atoms with Crippen molar-refractivity contribution in [1.29, 1.82) is 0 Å². The van der Waals surface area contributed by atoms with Crippen molar-refractivity contribution in [2.24, 2.45) is 0 Å². The number of nitro benzene ring substituents is 1. The number of thiazole rings is 1. The number of hydrogen-bond acceptors (Lipinski definition) is 6. The molecule has 0 aliphatic heterocycles. The van der Waals surface area contributed by atoms with Crippen LogP contribution in [-0.2, 0) is 11.4 Å². The molecule has 29 heavy (non-hydrogen) atoms. The van der Waals surface area contributed by atoms with Crippen LogP contribution in [0.15, 0.2) is 41.8 Å². The van der Waals surface area contributed by atoms with E-state index in [1.165, 1.54) is 24.3 Å². The van der Waals surface area contributed by atoms with Crippen LogP contribution in [0.2, 0.25) is 0 Å². The van der Waals surface area contributed by atoms with Crippen LogP contribution in [-0.4, -0.2) is 15.8 Å². The van der Waals surface area contributed by atoms with Gasteiger partial charge < -0.3 is 4.74 Å².